The van der Waals surface area contributed by atoms with E-state index in [1.807, 2.05) is 135 Å². The Bertz CT molecular complexity index is 969. The van der Waals surface area contributed by atoms with Crippen LogP contribution in [-0.4, -0.2) is 17.6 Å². The van der Waals surface area contributed by atoms with Gasteiger partial charge in [-0.3, -0.25) is 0 Å². The molecule has 0 atom stereocenters. The van der Waals surface area contributed by atoms with Gasteiger partial charge < -0.3 is 21.8 Å². The molecule has 4 rings (SSSR count). The highest BCUT2D eigenvalue weighted by Crippen LogP contribution is 2.31. The van der Waals surface area contributed by atoms with Gasteiger partial charge in [0.25, 0.3) is 0 Å². The predicted octanol–water partition coefficient (Wildman–Crippen LogP) is 7.24. The van der Waals surface area contributed by atoms with Crippen LogP contribution in [-0.2, 0) is 4.12 Å². The summed E-state index contributed by atoms with van der Waals surface area (Å²) >= 11 is 0. The molecule has 0 heterocycles. The fraction of sp³-hybridized carbons (Fsp3) is 0.143. The van der Waals surface area contributed by atoms with E-state index in [0.29, 0.717) is 35.1 Å². The fourth-order valence-electron chi connectivity index (χ4n) is 3.47. The van der Waals surface area contributed by atoms with Crippen molar-refractivity contribution in [2.24, 2.45) is 0 Å². The average Bonchev–Trinajstić information content (AvgIpc) is 2.91. The quantitative estimate of drug-likeness (QED) is 0.191. The maximum absolute atomic E-state index is 6.93. The molecule has 0 spiro atoms. The second kappa shape index (κ2) is 11.7. The molecule has 0 saturated carbocycles. The molecular formula is C28H30O5Si2. The van der Waals surface area contributed by atoms with Crippen molar-refractivity contribution in [3.05, 3.63) is 121 Å². The van der Waals surface area contributed by atoms with Gasteiger partial charge in [-0.2, -0.15) is 0 Å². The van der Waals surface area contributed by atoms with Crippen LogP contribution in [0.15, 0.2) is 121 Å². The van der Waals surface area contributed by atoms with Crippen molar-refractivity contribution < 1.29 is 21.8 Å². The lowest BCUT2D eigenvalue weighted by Crippen LogP contribution is -2.64. The molecule has 0 amide bonds. The molecule has 0 aliphatic carbocycles. The van der Waals surface area contributed by atoms with Crippen LogP contribution in [0, 0.1) is 0 Å². The monoisotopic (exact) mass is 502 g/mol. The van der Waals surface area contributed by atoms with E-state index in [4.69, 9.17) is 21.8 Å². The molecule has 7 heteroatoms. The molecule has 35 heavy (non-hydrogen) atoms. The SMILES string of the molecule is CC[Si](Oc1ccccc1)(Oc1ccccc1)O[Si](CC)(Oc1ccccc1)Oc1ccccc1. The second-order valence-electron chi connectivity index (χ2n) is 7.84. The normalized spacial score (nSPS) is 11.5. The zero-order valence-corrected chi connectivity index (χ0v) is 22.0. The standard InChI is InChI=1S/C28H30O5Si2/c1-3-34(29-25-17-9-5-10-18-25,30-26-19-11-6-12-20-26)33-35(4-2,31-27-21-13-7-14-22-27)32-28-23-15-8-16-24-28/h5-24H,3-4H2,1-2H3. The number of hydrogen-bond donors (Lipinski definition) is 0. The van der Waals surface area contributed by atoms with Crippen molar-refractivity contribution in [3.8, 4) is 23.0 Å². The summed E-state index contributed by atoms with van der Waals surface area (Å²) in [5.41, 5.74) is 0. The first-order valence-corrected chi connectivity index (χ1v) is 15.7. The molecule has 0 aromatic heterocycles. The summed E-state index contributed by atoms with van der Waals surface area (Å²) in [7, 11) is -6.81. The van der Waals surface area contributed by atoms with E-state index in [9.17, 15) is 0 Å². The highest BCUT2D eigenvalue weighted by Gasteiger charge is 2.58. The summed E-state index contributed by atoms with van der Waals surface area (Å²) in [5, 5.41) is 0. The first-order chi connectivity index (χ1) is 17.1. The van der Waals surface area contributed by atoms with Crippen LogP contribution in [0.3, 0.4) is 0 Å². The number of para-hydroxylation sites is 4. The molecule has 0 N–H and O–H groups in total. The maximum Gasteiger partial charge on any atom is 0.626 e. The Morgan fingerprint density at radius 2 is 0.629 bits per heavy atom. The van der Waals surface area contributed by atoms with E-state index in [1.165, 1.54) is 0 Å². The molecule has 0 radical (unpaired) electrons. The van der Waals surface area contributed by atoms with Crippen LogP contribution in [0.4, 0.5) is 0 Å². The van der Waals surface area contributed by atoms with Gasteiger partial charge >= 0.3 is 17.6 Å². The Kier molecular flexibility index (Phi) is 8.25. The van der Waals surface area contributed by atoms with Crippen molar-refractivity contribution in [2.45, 2.75) is 25.9 Å². The minimum Gasteiger partial charge on any atom is -0.493 e. The fourth-order valence-corrected chi connectivity index (χ4v) is 9.83. The third-order valence-electron chi connectivity index (χ3n) is 5.24. The average molecular weight is 503 g/mol. The number of hydrogen-bond acceptors (Lipinski definition) is 5. The summed E-state index contributed by atoms with van der Waals surface area (Å²) in [6, 6.07) is 39.5. The first kappa shape index (κ1) is 24.6. The van der Waals surface area contributed by atoms with E-state index in [2.05, 4.69) is 0 Å². The lowest BCUT2D eigenvalue weighted by atomic mass is 10.3. The van der Waals surface area contributed by atoms with Crippen LogP contribution >= 0.6 is 0 Å². The number of benzene rings is 4. The molecule has 0 aliphatic rings. The van der Waals surface area contributed by atoms with Crippen LogP contribution in [0.2, 0.25) is 12.1 Å². The van der Waals surface area contributed by atoms with Crippen molar-refractivity contribution >= 4 is 17.6 Å². The minimum absolute atomic E-state index is 0.516. The Morgan fingerprint density at radius 3 is 0.829 bits per heavy atom. The van der Waals surface area contributed by atoms with E-state index in [1.54, 1.807) is 0 Å². The van der Waals surface area contributed by atoms with E-state index < -0.39 is 17.6 Å². The molecule has 0 unspecified atom stereocenters. The van der Waals surface area contributed by atoms with Crippen molar-refractivity contribution in [2.75, 3.05) is 0 Å². The second-order valence-corrected chi connectivity index (χ2v) is 13.6. The predicted molar refractivity (Wildman–Crippen MR) is 142 cm³/mol. The van der Waals surface area contributed by atoms with Crippen LogP contribution < -0.4 is 17.7 Å². The van der Waals surface area contributed by atoms with E-state index >= 15 is 0 Å². The van der Waals surface area contributed by atoms with Crippen LogP contribution in [0.5, 0.6) is 23.0 Å². The van der Waals surface area contributed by atoms with Crippen LogP contribution in [0.1, 0.15) is 13.8 Å². The smallest absolute Gasteiger partial charge is 0.493 e. The molecule has 0 aliphatic heterocycles. The first-order valence-electron chi connectivity index (χ1n) is 11.8. The highest BCUT2D eigenvalue weighted by molar-refractivity contribution is 6.76. The Balaban J connectivity index is 1.75. The minimum atomic E-state index is -3.40. The van der Waals surface area contributed by atoms with Gasteiger partial charge in [0.2, 0.25) is 0 Å². The molecule has 5 nitrogen and oxygen atoms in total. The summed E-state index contributed by atoms with van der Waals surface area (Å²) in [6.45, 7) is 4.02. The lowest BCUT2D eigenvalue weighted by molar-refractivity contribution is 0.181. The van der Waals surface area contributed by atoms with Crippen LogP contribution in [0.25, 0.3) is 0 Å². The zero-order valence-electron chi connectivity index (χ0n) is 20.0. The summed E-state index contributed by atoms with van der Waals surface area (Å²) in [4.78, 5) is 0. The largest absolute Gasteiger partial charge is 0.626 e. The molecule has 180 valence electrons. The molecule has 0 bridgehead atoms. The van der Waals surface area contributed by atoms with Gasteiger partial charge in [0.15, 0.2) is 0 Å². The zero-order chi connectivity index (χ0) is 24.4. The Hall–Kier alpha value is -3.53. The van der Waals surface area contributed by atoms with Gasteiger partial charge in [-0.1, -0.05) is 86.6 Å². The Labute approximate surface area is 209 Å². The molecule has 0 fully saturated rings. The Morgan fingerprint density at radius 1 is 0.400 bits per heavy atom. The van der Waals surface area contributed by atoms with Gasteiger partial charge in [-0.05, 0) is 48.5 Å². The van der Waals surface area contributed by atoms with Crippen molar-refractivity contribution in [1.29, 1.82) is 0 Å². The highest BCUT2D eigenvalue weighted by atomic mass is 28.5. The summed E-state index contributed by atoms with van der Waals surface area (Å²) in [5.74, 6) is 2.71. The topological polar surface area (TPSA) is 46.2 Å². The van der Waals surface area contributed by atoms with Gasteiger partial charge in [0, 0.05) is 12.1 Å². The van der Waals surface area contributed by atoms with Gasteiger partial charge in [-0.25, -0.2) is 0 Å². The summed E-state index contributed by atoms with van der Waals surface area (Å²) < 4.78 is 33.2. The molecule has 0 saturated heterocycles. The third kappa shape index (κ3) is 6.76. The van der Waals surface area contributed by atoms with Gasteiger partial charge in [0.1, 0.15) is 23.0 Å². The van der Waals surface area contributed by atoms with E-state index in [0.717, 1.165) is 0 Å². The molecule has 4 aromatic rings. The summed E-state index contributed by atoms with van der Waals surface area (Å²) in [6.07, 6.45) is 0. The van der Waals surface area contributed by atoms with Crippen molar-refractivity contribution in [1.82, 2.24) is 0 Å². The van der Waals surface area contributed by atoms with Gasteiger partial charge in [-0.15, -0.1) is 0 Å². The maximum atomic E-state index is 6.93. The lowest BCUT2D eigenvalue weighted by Gasteiger charge is -2.37. The van der Waals surface area contributed by atoms with Crippen molar-refractivity contribution in [3.63, 3.8) is 0 Å². The van der Waals surface area contributed by atoms with E-state index in [-0.39, 0.29) is 0 Å². The molecule has 4 aromatic carbocycles. The number of rotatable bonds is 12. The third-order valence-corrected chi connectivity index (χ3v) is 11.7. The van der Waals surface area contributed by atoms with Gasteiger partial charge in [0.05, 0.1) is 0 Å². The molecular weight excluding hydrogens is 472 g/mol.